The quantitative estimate of drug-likeness (QED) is 0.564. The van der Waals surface area contributed by atoms with Gasteiger partial charge in [0.1, 0.15) is 0 Å². The lowest BCUT2D eigenvalue weighted by atomic mass is 10.0. The minimum Gasteiger partial charge on any atom is -0.465 e. The molecule has 0 fully saturated rings. The van der Waals surface area contributed by atoms with Gasteiger partial charge in [-0.1, -0.05) is 59.6 Å². The van der Waals surface area contributed by atoms with Gasteiger partial charge in [0.25, 0.3) is 0 Å². The zero-order valence-corrected chi connectivity index (χ0v) is 15.0. The van der Waals surface area contributed by atoms with E-state index < -0.39 is 18.2 Å². The molecule has 0 radical (unpaired) electrons. The molecule has 0 aliphatic heterocycles. The number of benzene rings is 2. The van der Waals surface area contributed by atoms with Crippen LogP contribution in [0.2, 0.25) is 10.0 Å². The fourth-order valence-electron chi connectivity index (χ4n) is 2.47. The minimum atomic E-state index is -1.17. The topological polar surface area (TPSA) is 81.6 Å². The molecular formula is C18H20Cl2N2O3. The Bertz CT molecular complexity index is 698. The first-order chi connectivity index (χ1) is 12.0. The average molecular weight is 383 g/mol. The molecule has 0 saturated carbocycles. The molecule has 0 aliphatic rings. The number of amides is 1. The fraction of sp³-hybridized carbons (Fsp3) is 0.278. The smallest absolute Gasteiger partial charge is 0.404 e. The van der Waals surface area contributed by atoms with Crippen molar-refractivity contribution in [3.8, 4) is 0 Å². The van der Waals surface area contributed by atoms with Crippen LogP contribution in [0.3, 0.4) is 0 Å². The SMILES string of the molecule is O=C(O)N[C@@H](Cc1ccccc1)[C@@H](O)CNCc1ccc(Cl)cc1Cl. The zero-order chi connectivity index (χ0) is 18.2. The molecule has 2 rings (SSSR count). The van der Waals surface area contributed by atoms with Gasteiger partial charge >= 0.3 is 6.09 Å². The van der Waals surface area contributed by atoms with E-state index in [-0.39, 0.29) is 6.54 Å². The Hall–Kier alpha value is -1.79. The first-order valence-corrected chi connectivity index (χ1v) is 8.57. The number of aliphatic hydroxyl groups excluding tert-OH is 1. The molecule has 2 aromatic carbocycles. The highest BCUT2D eigenvalue weighted by molar-refractivity contribution is 6.35. The molecule has 2 atom stereocenters. The van der Waals surface area contributed by atoms with E-state index in [4.69, 9.17) is 28.3 Å². The molecule has 0 saturated heterocycles. The highest BCUT2D eigenvalue weighted by Gasteiger charge is 2.21. The summed E-state index contributed by atoms with van der Waals surface area (Å²) in [5.74, 6) is 0. The van der Waals surface area contributed by atoms with Gasteiger partial charge in [-0.25, -0.2) is 4.79 Å². The van der Waals surface area contributed by atoms with E-state index in [1.54, 1.807) is 18.2 Å². The van der Waals surface area contributed by atoms with E-state index in [1.165, 1.54) is 0 Å². The van der Waals surface area contributed by atoms with E-state index in [0.29, 0.717) is 23.0 Å². The lowest BCUT2D eigenvalue weighted by molar-refractivity contribution is 0.117. The Kier molecular flexibility index (Phi) is 7.52. The highest BCUT2D eigenvalue weighted by Crippen LogP contribution is 2.20. The zero-order valence-electron chi connectivity index (χ0n) is 13.5. The fourth-order valence-corrected chi connectivity index (χ4v) is 2.95. The Morgan fingerprint density at radius 3 is 2.48 bits per heavy atom. The van der Waals surface area contributed by atoms with Crippen LogP contribution in [0.25, 0.3) is 0 Å². The Morgan fingerprint density at radius 2 is 1.84 bits per heavy atom. The average Bonchev–Trinajstić information content (AvgIpc) is 2.56. The summed E-state index contributed by atoms with van der Waals surface area (Å²) >= 11 is 12.0. The first-order valence-electron chi connectivity index (χ1n) is 7.82. The van der Waals surface area contributed by atoms with E-state index in [2.05, 4.69) is 10.6 Å². The lowest BCUT2D eigenvalue weighted by Crippen LogP contribution is -2.48. The van der Waals surface area contributed by atoms with Gasteiger partial charge in [0.05, 0.1) is 12.1 Å². The largest absolute Gasteiger partial charge is 0.465 e. The van der Waals surface area contributed by atoms with Gasteiger partial charge in [-0.15, -0.1) is 0 Å². The first kappa shape index (κ1) is 19.5. The molecule has 0 heterocycles. The molecule has 0 spiro atoms. The summed E-state index contributed by atoms with van der Waals surface area (Å²) in [6.45, 7) is 0.662. The Labute approximate surface area is 156 Å². The summed E-state index contributed by atoms with van der Waals surface area (Å²) in [6.07, 6.45) is -1.65. The molecule has 7 heteroatoms. The molecule has 0 aliphatic carbocycles. The Balaban J connectivity index is 1.92. The molecule has 0 unspecified atom stereocenters. The molecule has 25 heavy (non-hydrogen) atoms. The van der Waals surface area contributed by atoms with Crippen LogP contribution >= 0.6 is 23.2 Å². The Morgan fingerprint density at radius 1 is 1.12 bits per heavy atom. The van der Waals surface area contributed by atoms with Crippen molar-refractivity contribution >= 4 is 29.3 Å². The van der Waals surface area contributed by atoms with Crippen LogP contribution in [0.4, 0.5) is 4.79 Å². The van der Waals surface area contributed by atoms with Crippen LogP contribution in [-0.4, -0.2) is 35.0 Å². The summed E-state index contributed by atoms with van der Waals surface area (Å²) in [4.78, 5) is 11.0. The van der Waals surface area contributed by atoms with Crippen molar-refractivity contribution in [2.24, 2.45) is 0 Å². The monoisotopic (exact) mass is 382 g/mol. The number of carbonyl (C=O) groups is 1. The molecule has 0 bridgehead atoms. The van der Waals surface area contributed by atoms with Crippen LogP contribution in [0.15, 0.2) is 48.5 Å². The van der Waals surface area contributed by atoms with Gasteiger partial charge in [-0.2, -0.15) is 0 Å². The third-order valence-electron chi connectivity index (χ3n) is 3.76. The van der Waals surface area contributed by atoms with E-state index in [1.807, 2.05) is 30.3 Å². The summed E-state index contributed by atoms with van der Waals surface area (Å²) in [7, 11) is 0. The predicted molar refractivity (Wildman–Crippen MR) is 99.3 cm³/mol. The van der Waals surface area contributed by atoms with Crippen molar-refractivity contribution in [3.63, 3.8) is 0 Å². The van der Waals surface area contributed by atoms with Crippen molar-refractivity contribution in [1.29, 1.82) is 0 Å². The standard InChI is InChI=1S/C18H20Cl2N2O3/c19-14-7-6-13(15(20)9-14)10-21-11-17(23)16(22-18(24)25)8-12-4-2-1-3-5-12/h1-7,9,16-17,21-23H,8,10-11H2,(H,24,25)/t16-,17-/m0/s1. The van der Waals surface area contributed by atoms with Gasteiger partial charge in [0.15, 0.2) is 0 Å². The molecular weight excluding hydrogens is 363 g/mol. The molecule has 1 amide bonds. The number of halogens is 2. The summed E-state index contributed by atoms with van der Waals surface area (Å²) in [5, 5.41) is 25.9. The van der Waals surface area contributed by atoms with Gasteiger partial charge < -0.3 is 20.8 Å². The maximum absolute atomic E-state index is 11.0. The number of hydrogen-bond donors (Lipinski definition) is 4. The van der Waals surface area contributed by atoms with Crippen LogP contribution in [0.1, 0.15) is 11.1 Å². The van der Waals surface area contributed by atoms with Gasteiger partial charge in [-0.3, -0.25) is 0 Å². The number of carboxylic acid groups (broad SMARTS) is 1. The van der Waals surface area contributed by atoms with Gasteiger partial charge in [0.2, 0.25) is 0 Å². The molecule has 0 aromatic heterocycles. The molecule has 5 nitrogen and oxygen atoms in total. The summed E-state index contributed by atoms with van der Waals surface area (Å²) in [5.41, 5.74) is 1.80. The van der Waals surface area contributed by atoms with Gasteiger partial charge in [0, 0.05) is 23.1 Å². The van der Waals surface area contributed by atoms with Crippen molar-refractivity contribution in [3.05, 3.63) is 69.7 Å². The minimum absolute atomic E-state index is 0.219. The third-order valence-corrected chi connectivity index (χ3v) is 4.34. The van der Waals surface area contributed by atoms with Crippen LogP contribution in [0.5, 0.6) is 0 Å². The van der Waals surface area contributed by atoms with Gasteiger partial charge in [-0.05, 0) is 29.7 Å². The predicted octanol–water partition coefficient (Wildman–Crippen LogP) is 3.32. The second-order valence-electron chi connectivity index (χ2n) is 5.68. The maximum atomic E-state index is 11.0. The van der Waals surface area contributed by atoms with Crippen molar-refractivity contribution in [2.45, 2.75) is 25.1 Å². The number of hydrogen-bond acceptors (Lipinski definition) is 3. The highest BCUT2D eigenvalue weighted by atomic mass is 35.5. The van der Waals surface area contributed by atoms with Crippen molar-refractivity contribution < 1.29 is 15.0 Å². The maximum Gasteiger partial charge on any atom is 0.404 e. The molecule has 134 valence electrons. The normalized spacial score (nSPS) is 13.2. The van der Waals surface area contributed by atoms with Crippen LogP contribution < -0.4 is 10.6 Å². The van der Waals surface area contributed by atoms with Crippen LogP contribution in [-0.2, 0) is 13.0 Å². The molecule has 4 N–H and O–H groups in total. The summed E-state index contributed by atoms with van der Waals surface area (Å²) in [6, 6.07) is 14.0. The van der Waals surface area contributed by atoms with Crippen molar-refractivity contribution in [1.82, 2.24) is 10.6 Å². The lowest BCUT2D eigenvalue weighted by Gasteiger charge is -2.23. The number of nitrogens with one attached hydrogen (secondary N) is 2. The van der Waals surface area contributed by atoms with E-state index in [0.717, 1.165) is 11.1 Å². The van der Waals surface area contributed by atoms with E-state index >= 15 is 0 Å². The summed E-state index contributed by atoms with van der Waals surface area (Å²) < 4.78 is 0. The van der Waals surface area contributed by atoms with E-state index in [9.17, 15) is 9.90 Å². The number of aliphatic hydroxyl groups is 1. The molecule has 2 aromatic rings. The second kappa shape index (κ2) is 9.63. The van der Waals surface area contributed by atoms with Crippen LogP contribution in [0, 0.1) is 0 Å². The number of rotatable bonds is 8. The third kappa shape index (κ3) is 6.55. The second-order valence-corrected chi connectivity index (χ2v) is 6.52. The van der Waals surface area contributed by atoms with Crippen molar-refractivity contribution in [2.75, 3.05) is 6.54 Å².